The van der Waals surface area contributed by atoms with E-state index in [1.807, 2.05) is 0 Å². The Balaban J connectivity index is 3.79. The molecule has 10 heteroatoms. The van der Waals surface area contributed by atoms with E-state index in [1.54, 1.807) is 6.92 Å². The Labute approximate surface area is 131 Å². The van der Waals surface area contributed by atoms with E-state index in [-0.39, 0.29) is 17.5 Å². The van der Waals surface area contributed by atoms with Crippen LogP contribution in [0.2, 0.25) is 0 Å². The summed E-state index contributed by atoms with van der Waals surface area (Å²) in [6, 6.07) is 1.34. The van der Waals surface area contributed by atoms with E-state index < -0.39 is 44.1 Å². The molecule has 0 fully saturated rings. The van der Waals surface area contributed by atoms with Gasteiger partial charge in [-0.3, -0.25) is 4.79 Å². The zero-order chi connectivity index (χ0) is 18.0. The van der Waals surface area contributed by atoms with E-state index in [9.17, 15) is 26.4 Å². The van der Waals surface area contributed by atoms with Crippen molar-refractivity contribution in [2.75, 3.05) is 5.75 Å². The zero-order valence-corrected chi connectivity index (χ0v) is 13.3. The van der Waals surface area contributed by atoms with Crippen molar-refractivity contribution in [2.24, 2.45) is 16.5 Å². The van der Waals surface area contributed by atoms with Gasteiger partial charge in [0.05, 0.1) is 16.2 Å². The quantitative estimate of drug-likeness (QED) is 0.629. The topological polar surface area (TPSA) is 116 Å². The van der Waals surface area contributed by atoms with Crippen LogP contribution in [0.3, 0.4) is 0 Å². The van der Waals surface area contributed by atoms with Gasteiger partial charge in [0.15, 0.2) is 15.8 Å². The minimum atomic E-state index is -4.95. The molecule has 0 radical (unpaired) electrons. The number of sulfone groups is 1. The lowest BCUT2D eigenvalue weighted by Gasteiger charge is -2.16. The Bertz CT molecular complexity index is 752. The second-order valence-electron chi connectivity index (χ2n) is 4.60. The van der Waals surface area contributed by atoms with Gasteiger partial charge in [0.25, 0.3) is 5.91 Å². The summed E-state index contributed by atoms with van der Waals surface area (Å²) < 4.78 is 63.5. The van der Waals surface area contributed by atoms with Gasteiger partial charge in [-0.15, -0.1) is 0 Å². The minimum Gasteiger partial charge on any atom is -0.370 e. The van der Waals surface area contributed by atoms with Crippen LogP contribution in [0.5, 0.6) is 0 Å². The van der Waals surface area contributed by atoms with Crippen molar-refractivity contribution in [3.63, 3.8) is 0 Å². The molecule has 4 N–H and O–H groups in total. The molecule has 0 bridgehead atoms. The summed E-state index contributed by atoms with van der Waals surface area (Å²) >= 11 is 0. The van der Waals surface area contributed by atoms with Gasteiger partial charge in [-0.2, -0.15) is 18.2 Å². The fourth-order valence-electron chi connectivity index (χ4n) is 1.93. The summed E-state index contributed by atoms with van der Waals surface area (Å²) in [6.07, 6.45) is -4.82. The fourth-order valence-corrected chi connectivity index (χ4v) is 3.07. The highest BCUT2D eigenvalue weighted by Gasteiger charge is 2.38. The molecule has 128 valence electrons. The van der Waals surface area contributed by atoms with Gasteiger partial charge in [-0.05, 0) is 24.1 Å². The molecule has 0 aliphatic rings. The molecule has 0 aliphatic carbocycles. The molecular weight excluding hydrogens is 335 g/mol. The third kappa shape index (κ3) is 4.21. The summed E-state index contributed by atoms with van der Waals surface area (Å²) in [5.74, 6) is -2.16. The highest BCUT2D eigenvalue weighted by atomic mass is 32.2. The average molecular weight is 351 g/mol. The number of rotatable bonds is 4. The Morgan fingerprint density at radius 1 is 1.22 bits per heavy atom. The first-order valence-corrected chi connectivity index (χ1v) is 8.20. The summed E-state index contributed by atoms with van der Waals surface area (Å²) in [4.78, 5) is 14.2. The largest absolute Gasteiger partial charge is 0.417 e. The van der Waals surface area contributed by atoms with Crippen LogP contribution in [0.25, 0.3) is 0 Å². The van der Waals surface area contributed by atoms with E-state index in [4.69, 9.17) is 11.5 Å². The standard InChI is InChI=1S/C13H16F3N3O3S/c1-3-7-5-10(23(21,22)4-2)9(13(14,15)16)6-8(7)11(20)19-12(17)18/h5-6H,3-4H2,1-2H3,(H4,17,18,19,20). The van der Waals surface area contributed by atoms with Crippen molar-refractivity contribution in [3.8, 4) is 0 Å². The molecule has 0 spiro atoms. The molecule has 0 atom stereocenters. The monoisotopic (exact) mass is 351 g/mol. The number of amides is 1. The van der Waals surface area contributed by atoms with Crippen LogP contribution in [0.4, 0.5) is 13.2 Å². The van der Waals surface area contributed by atoms with Gasteiger partial charge in [-0.1, -0.05) is 13.8 Å². The molecule has 1 aromatic rings. The first-order valence-electron chi connectivity index (χ1n) is 6.54. The summed E-state index contributed by atoms with van der Waals surface area (Å²) in [5.41, 5.74) is 8.43. The Morgan fingerprint density at radius 3 is 2.17 bits per heavy atom. The third-order valence-electron chi connectivity index (χ3n) is 3.07. The molecule has 23 heavy (non-hydrogen) atoms. The molecule has 1 rings (SSSR count). The number of guanidine groups is 1. The maximum absolute atomic E-state index is 13.2. The predicted molar refractivity (Wildman–Crippen MR) is 78.7 cm³/mol. The first kappa shape index (κ1) is 18.9. The van der Waals surface area contributed by atoms with Crippen LogP contribution in [0.1, 0.15) is 35.3 Å². The first-order chi connectivity index (χ1) is 10.4. The van der Waals surface area contributed by atoms with Crippen LogP contribution in [-0.4, -0.2) is 26.0 Å². The van der Waals surface area contributed by atoms with Gasteiger partial charge in [0, 0.05) is 5.56 Å². The number of nitrogens with zero attached hydrogens (tertiary/aromatic N) is 1. The lowest BCUT2D eigenvalue weighted by atomic mass is 10.0. The molecule has 0 saturated heterocycles. The Hall–Kier alpha value is -2.10. The minimum absolute atomic E-state index is 0.111. The summed E-state index contributed by atoms with van der Waals surface area (Å²) in [5, 5.41) is 0. The molecular formula is C13H16F3N3O3S. The van der Waals surface area contributed by atoms with Crippen LogP contribution < -0.4 is 11.5 Å². The molecule has 0 heterocycles. The van der Waals surface area contributed by atoms with Crippen molar-refractivity contribution in [1.82, 2.24) is 0 Å². The number of aryl methyl sites for hydroxylation is 1. The number of benzene rings is 1. The molecule has 6 nitrogen and oxygen atoms in total. The van der Waals surface area contributed by atoms with Crippen molar-refractivity contribution >= 4 is 21.7 Å². The summed E-state index contributed by atoms with van der Waals surface area (Å²) in [7, 11) is -4.13. The smallest absolute Gasteiger partial charge is 0.370 e. The SMILES string of the molecule is CCc1cc(S(=O)(=O)CC)c(C(F)(F)F)cc1C(=O)N=C(N)N. The maximum atomic E-state index is 13.2. The highest BCUT2D eigenvalue weighted by molar-refractivity contribution is 7.91. The number of nitrogens with two attached hydrogens (primary N) is 2. The Morgan fingerprint density at radius 2 is 1.78 bits per heavy atom. The van der Waals surface area contributed by atoms with E-state index in [0.717, 1.165) is 6.07 Å². The summed E-state index contributed by atoms with van der Waals surface area (Å²) in [6.45, 7) is 2.80. The maximum Gasteiger partial charge on any atom is 0.417 e. The van der Waals surface area contributed by atoms with E-state index in [2.05, 4.69) is 4.99 Å². The Kier molecular flexibility index (Phi) is 5.41. The number of alkyl halides is 3. The van der Waals surface area contributed by atoms with Gasteiger partial charge in [-0.25, -0.2) is 8.42 Å². The number of halogens is 3. The van der Waals surface area contributed by atoms with Crippen molar-refractivity contribution in [3.05, 3.63) is 28.8 Å². The van der Waals surface area contributed by atoms with Gasteiger partial charge < -0.3 is 11.5 Å². The lowest BCUT2D eigenvalue weighted by molar-refractivity contribution is -0.139. The number of carbonyl (C=O) groups excluding carboxylic acids is 1. The third-order valence-corrected chi connectivity index (χ3v) is 4.84. The lowest BCUT2D eigenvalue weighted by Crippen LogP contribution is -2.25. The molecule has 0 saturated carbocycles. The number of carbonyl (C=O) groups is 1. The van der Waals surface area contributed by atoms with Crippen LogP contribution in [-0.2, 0) is 22.4 Å². The number of hydrogen-bond donors (Lipinski definition) is 2. The number of aliphatic imine (C=N–C) groups is 1. The molecule has 0 aromatic heterocycles. The molecule has 0 aliphatic heterocycles. The fraction of sp³-hybridized carbons (Fsp3) is 0.385. The predicted octanol–water partition coefficient (Wildman–Crippen LogP) is 1.48. The van der Waals surface area contributed by atoms with E-state index in [0.29, 0.717) is 6.07 Å². The second kappa shape index (κ2) is 6.57. The highest BCUT2D eigenvalue weighted by Crippen LogP contribution is 2.36. The van der Waals surface area contributed by atoms with Gasteiger partial charge >= 0.3 is 6.18 Å². The number of hydrogen-bond acceptors (Lipinski definition) is 3. The zero-order valence-electron chi connectivity index (χ0n) is 12.4. The molecule has 1 aromatic carbocycles. The second-order valence-corrected chi connectivity index (χ2v) is 6.85. The van der Waals surface area contributed by atoms with Gasteiger partial charge in [0.2, 0.25) is 0 Å². The van der Waals surface area contributed by atoms with Crippen molar-refractivity contribution < 1.29 is 26.4 Å². The molecule has 1 amide bonds. The van der Waals surface area contributed by atoms with Crippen LogP contribution >= 0.6 is 0 Å². The van der Waals surface area contributed by atoms with Gasteiger partial charge in [0.1, 0.15) is 0 Å². The normalized spacial score (nSPS) is 12.0. The van der Waals surface area contributed by atoms with E-state index >= 15 is 0 Å². The molecule has 0 unspecified atom stereocenters. The van der Waals surface area contributed by atoms with Crippen LogP contribution in [0, 0.1) is 0 Å². The van der Waals surface area contributed by atoms with Crippen molar-refractivity contribution in [2.45, 2.75) is 31.3 Å². The average Bonchev–Trinajstić information content (AvgIpc) is 2.43. The van der Waals surface area contributed by atoms with Crippen molar-refractivity contribution in [1.29, 1.82) is 0 Å². The van der Waals surface area contributed by atoms with Crippen LogP contribution in [0.15, 0.2) is 22.0 Å². The van der Waals surface area contributed by atoms with E-state index in [1.165, 1.54) is 6.92 Å².